The van der Waals surface area contributed by atoms with Gasteiger partial charge in [0.2, 0.25) is 11.8 Å². The number of para-hydroxylation sites is 1. The zero-order valence-corrected chi connectivity index (χ0v) is 17.6. The summed E-state index contributed by atoms with van der Waals surface area (Å²) >= 11 is 1.76. The summed E-state index contributed by atoms with van der Waals surface area (Å²) < 4.78 is 1.24. The van der Waals surface area contributed by atoms with Crippen LogP contribution in [-0.4, -0.2) is 53.3 Å². The summed E-state index contributed by atoms with van der Waals surface area (Å²) in [6, 6.07) is 8.53. The summed E-state index contributed by atoms with van der Waals surface area (Å²) in [6.45, 7) is 0.851. The molecule has 1 aliphatic carbocycles. The molecule has 2 amide bonds. The molecule has 1 saturated carbocycles. The SMILES string of the molecule is CN1C[C@H]2C[C@@H](N(C)C(=O)CCCCc3nc4ccccc4s3)C[C@H]2CC1=O. The van der Waals surface area contributed by atoms with Crippen LogP contribution in [0.5, 0.6) is 0 Å². The molecule has 0 radical (unpaired) electrons. The Hall–Kier alpha value is -1.95. The average Bonchev–Trinajstić information content (AvgIpc) is 3.28. The molecule has 150 valence electrons. The molecule has 4 rings (SSSR count). The smallest absolute Gasteiger partial charge is 0.222 e. The third-order valence-electron chi connectivity index (χ3n) is 6.50. The van der Waals surface area contributed by atoms with Gasteiger partial charge in [-0.25, -0.2) is 4.98 Å². The molecule has 1 saturated heterocycles. The summed E-state index contributed by atoms with van der Waals surface area (Å²) in [5.74, 6) is 1.52. The summed E-state index contributed by atoms with van der Waals surface area (Å²) in [4.78, 5) is 33.1. The number of benzene rings is 1. The molecule has 0 spiro atoms. The Kier molecular flexibility index (Phi) is 5.67. The fourth-order valence-corrected chi connectivity index (χ4v) is 5.77. The number of carbonyl (C=O) groups excluding carboxylic acids is 2. The number of hydrogen-bond donors (Lipinski definition) is 0. The maximum atomic E-state index is 12.7. The van der Waals surface area contributed by atoms with Crippen molar-refractivity contribution in [3.05, 3.63) is 29.3 Å². The third kappa shape index (κ3) is 4.07. The van der Waals surface area contributed by atoms with E-state index in [0.29, 0.717) is 30.7 Å². The van der Waals surface area contributed by atoms with Crippen LogP contribution in [0.15, 0.2) is 24.3 Å². The van der Waals surface area contributed by atoms with Crippen molar-refractivity contribution in [2.45, 2.75) is 51.0 Å². The molecule has 5 nitrogen and oxygen atoms in total. The average molecular weight is 400 g/mol. The van der Waals surface area contributed by atoms with E-state index in [0.717, 1.165) is 49.2 Å². The Morgan fingerprint density at radius 2 is 2.04 bits per heavy atom. The number of likely N-dealkylation sites (tertiary alicyclic amines) is 1. The van der Waals surface area contributed by atoms with Gasteiger partial charge in [0.1, 0.15) is 0 Å². The molecule has 1 aromatic heterocycles. The number of nitrogens with zero attached hydrogens (tertiary/aromatic N) is 3. The first-order chi connectivity index (χ1) is 13.5. The zero-order chi connectivity index (χ0) is 19.7. The van der Waals surface area contributed by atoms with E-state index in [9.17, 15) is 9.59 Å². The van der Waals surface area contributed by atoms with Crippen molar-refractivity contribution in [1.82, 2.24) is 14.8 Å². The van der Waals surface area contributed by atoms with Crippen LogP contribution < -0.4 is 0 Å². The normalized spacial score (nSPS) is 24.6. The van der Waals surface area contributed by atoms with Gasteiger partial charge in [0.15, 0.2) is 0 Å². The van der Waals surface area contributed by atoms with Gasteiger partial charge in [-0.3, -0.25) is 9.59 Å². The quantitative estimate of drug-likeness (QED) is 0.696. The van der Waals surface area contributed by atoms with Crippen molar-refractivity contribution in [2.75, 3.05) is 20.6 Å². The van der Waals surface area contributed by atoms with Crippen molar-refractivity contribution in [3.63, 3.8) is 0 Å². The second kappa shape index (κ2) is 8.19. The second-order valence-corrected chi connectivity index (χ2v) is 9.53. The van der Waals surface area contributed by atoms with E-state index in [1.807, 2.05) is 36.0 Å². The minimum absolute atomic E-state index is 0.243. The van der Waals surface area contributed by atoms with Crippen molar-refractivity contribution < 1.29 is 9.59 Å². The van der Waals surface area contributed by atoms with Gasteiger partial charge in [0, 0.05) is 39.5 Å². The first-order valence-corrected chi connectivity index (χ1v) is 11.2. The third-order valence-corrected chi connectivity index (χ3v) is 7.59. The van der Waals surface area contributed by atoms with Crippen LogP contribution in [-0.2, 0) is 16.0 Å². The summed E-state index contributed by atoms with van der Waals surface area (Å²) in [6.07, 6.45) is 6.12. The zero-order valence-electron chi connectivity index (χ0n) is 16.8. The van der Waals surface area contributed by atoms with Gasteiger partial charge in [0.05, 0.1) is 15.2 Å². The minimum Gasteiger partial charge on any atom is -0.345 e. The maximum Gasteiger partial charge on any atom is 0.222 e. The topological polar surface area (TPSA) is 53.5 Å². The largest absolute Gasteiger partial charge is 0.345 e. The minimum atomic E-state index is 0.243. The number of rotatable bonds is 6. The molecular weight excluding hydrogens is 370 g/mol. The number of amides is 2. The van der Waals surface area contributed by atoms with E-state index < -0.39 is 0 Å². The van der Waals surface area contributed by atoms with Crippen molar-refractivity contribution in [1.29, 1.82) is 0 Å². The lowest BCUT2D eigenvalue weighted by Crippen LogP contribution is -2.39. The van der Waals surface area contributed by atoms with E-state index in [2.05, 4.69) is 17.1 Å². The monoisotopic (exact) mass is 399 g/mol. The maximum absolute atomic E-state index is 12.7. The molecule has 2 aliphatic rings. The van der Waals surface area contributed by atoms with Crippen molar-refractivity contribution in [2.24, 2.45) is 11.8 Å². The van der Waals surface area contributed by atoms with Crippen LogP contribution in [0.1, 0.15) is 43.5 Å². The Morgan fingerprint density at radius 3 is 2.86 bits per heavy atom. The van der Waals surface area contributed by atoms with Gasteiger partial charge in [-0.15, -0.1) is 11.3 Å². The molecule has 0 unspecified atom stereocenters. The first-order valence-electron chi connectivity index (χ1n) is 10.4. The molecule has 2 aromatic rings. The van der Waals surface area contributed by atoms with Crippen LogP contribution in [0.2, 0.25) is 0 Å². The standard InChI is InChI=1S/C22H29N3O2S/c1-24-14-16-12-17(11-15(16)13-22(24)27)25(2)21(26)10-6-5-9-20-23-18-7-3-4-8-19(18)28-20/h3-4,7-8,15-17H,5-6,9-14H2,1-2H3/t15-,16+,17-/m0/s1. The molecule has 2 fully saturated rings. The molecule has 6 heteroatoms. The number of thiazole rings is 1. The molecule has 3 atom stereocenters. The van der Waals surface area contributed by atoms with E-state index in [1.165, 1.54) is 4.70 Å². The Labute approximate surface area is 170 Å². The fourth-order valence-electron chi connectivity index (χ4n) is 4.76. The highest BCUT2D eigenvalue weighted by molar-refractivity contribution is 7.18. The fraction of sp³-hybridized carbons (Fsp3) is 0.591. The Balaban J connectivity index is 1.22. The molecule has 1 aromatic carbocycles. The molecule has 2 heterocycles. The van der Waals surface area contributed by atoms with Gasteiger partial charge >= 0.3 is 0 Å². The highest BCUT2D eigenvalue weighted by Gasteiger charge is 2.42. The summed E-state index contributed by atoms with van der Waals surface area (Å²) in [5.41, 5.74) is 1.07. The molecular formula is C22H29N3O2S. The number of piperidine rings is 1. The van der Waals surface area contributed by atoms with Crippen LogP contribution in [0.4, 0.5) is 0 Å². The highest BCUT2D eigenvalue weighted by atomic mass is 32.1. The summed E-state index contributed by atoms with van der Waals surface area (Å²) in [7, 11) is 3.84. The van der Waals surface area contributed by atoms with Gasteiger partial charge in [0.25, 0.3) is 0 Å². The lowest BCUT2D eigenvalue weighted by molar-refractivity contribution is -0.135. The molecule has 1 aliphatic heterocycles. The van der Waals surface area contributed by atoms with E-state index >= 15 is 0 Å². The highest BCUT2D eigenvalue weighted by Crippen LogP contribution is 2.40. The van der Waals surface area contributed by atoms with E-state index in [1.54, 1.807) is 11.3 Å². The number of aromatic nitrogens is 1. The van der Waals surface area contributed by atoms with E-state index in [-0.39, 0.29) is 11.8 Å². The van der Waals surface area contributed by atoms with Crippen molar-refractivity contribution >= 4 is 33.4 Å². The summed E-state index contributed by atoms with van der Waals surface area (Å²) in [5, 5.41) is 1.16. The van der Waals surface area contributed by atoms with Gasteiger partial charge in [-0.2, -0.15) is 0 Å². The Morgan fingerprint density at radius 1 is 1.25 bits per heavy atom. The molecule has 0 N–H and O–H groups in total. The van der Waals surface area contributed by atoms with Crippen LogP contribution >= 0.6 is 11.3 Å². The number of hydrogen-bond acceptors (Lipinski definition) is 4. The molecule has 28 heavy (non-hydrogen) atoms. The van der Waals surface area contributed by atoms with E-state index in [4.69, 9.17) is 0 Å². The number of aryl methyl sites for hydroxylation is 1. The van der Waals surface area contributed by atoms with Gasteiger partial charge in [-0.05, 0) is 56.1 Å². The first kappa shape index (κ1) is 19.4. The van der Waals surface area contributed by atoms with Gasteiger partial charge in [-0.1, -0.05) is 12.1 Å². The number of unbranched alkanes of at least 4 members (excludes halogenated alkanes) is 1. The second-order valence-electron chi connectivity index (χ2n) is 8.41. The van der Waals surface area contributed by atoms with Gasteiger partial charge < -0.3 is 9.80 Å². The van der Waals surface area contributed by atoms with Crippen molar-refractivity contribution in [3.8, 4) is 0 Å². The number of fused-ring (bicyclic) bond motifs is 2. The lowest BCUT2D eigenvalue weighted by Gasteiger charge is -2.31. The predicted octanol–water partition coefficient (Wildman–Crippen LogP) is 3.72. The van der Waals surface area contributed by atoms with Crippen LogP contribution in [0.3, 0.4) is 0 Å². The van der Waals surface area contributed by atoms with Crippen LogP contribution in [0.25, 0.3) is 10.2 Å². The molecule has 0 bridgehead atoms. The Bertz CT molecular complexity index is 831. The van der Waals surface area contributed by atoms with Crippen LogP contribution in [0, 0.1) is 11.8 Å². The number of carbonyl (C=O) groups is 2. The lowest BCUT2D eigenvalue weighted by atomic mass is 9.88. The predicted molar refractivity (Wildman–Crippen MR) is 112 cm³/mol.